The Labute approximate surface area is 118 Å². The van der Waals surface area contributed by atoms with Crippen LogP contribution in [0.25, 0.3) is 0 Å². The summed E-state index contributed by atoms with van der Waals surface area (Å²) in [5.74, 6) is -1.04. The zero-order chi connectivity index (χ0) is 15.1. The second-order valence-corrected chi connectivity index (χ2v) is 4.38. The summed E-state index contributed by atoms with van der Waals surface area (Å²) in [6, 6.07) is 7.94. The molecule has 0 saturated heterocycles. The van der Waals surface area contributed by atoms with Crippen molar-refractivity contribution in [3.63, 3.8) is 0 Å². The van der Waals surface area contributed by atoms with Gasteiger partial charge in [0.1, 0.15) is 6.04 Å². The van der Waals surface area contributed by atoms with Gasteiger partial charge >= 0.3 is 5.97 Å². The van der Waals surface area contributed by atoms with Crippen molar-refractivity contribution in [1.29, 1.82) is 0 Å². The lowest BCUT2D eigenvalue weighted by atomic mass is 10.1. The zero-order valence-corrected chi connectivity index (χ0v) is 12.0. The van der Waals surface area contributed by atoms with Gasteiger partial charge in [-0.2, -0.15) is 0 Å². The number of esters is 1. The maximum absolute atomic E-state index is 12.1. The van der Waals surface area contributed by atoms with Gasteiger partial charge in [0, 0.05) is 12.5 Å². The highest BCUT2D eigenvalue weighted by atomic mass is 16.5. The van der Waals surface area contributed by atoms with E-state index < -0.39 is 12.0 Å². The van der Waals surface area contributed by atoms with Crippen LogP contribution in [0.2, 0.25) is 0 Å². The first kappa shape index (κ1) is 15.9. The average Bonchev–Trinajstić information content (AvgIpc) is 2.47. The third-order valence-corrected chi connectivity index (χ3v) is 3.05. The molecule has 0 aliphatic heterocycles. The van der Waals surface area contributed by atoms with Gasteiger partial charge in [0.25, 0.3) is 0 Å². The number of carbonyl (C=O) groups is 3. The van der Waals surface area contributed by atoms with Crippen molar-refractivity contribution in [2.45, 2.75) is 26.3 Å². The molecular weight excluding hydrogens is 258 g/mol. The second kappa shape index (κ2) is 7.43. The minimum absolute atomic E-state index is 0.132. The Morgan fingerprint density at radius 3 is 2.25 bits per heavy atom. The van der Waals surface area contributed by atoms with Crippen LogP contribution in [-0.2, 0) is 14.3 Å². The van der Waals surface area contributed by atoms with Gasteiger partial charge in [0.05, 0.1) is 13.7 Å². The number of nitrogens with zero attached hydrogens (tertiary/aromatic N) is 1. The Morgan fingerprint density at radius 1 is 1.20 bits per heavy atom. The molecule has 0 bridgehead atoms. The Kier molecular flexibility index (Phi) is 5.90. The molecule has 0 aromatic heterocycles. The average molecular weight is 277 g/mol. The normalized spacial score (nSPS) is 11.6. The molecule has 1 aromatic carbocycles. The number of ether oxygens (including phenoxy) is 1. The number of Topliss-reactive ketones (excluding diaryl/α,β-unsaturated/α-hetero) is 1. The van der Waals surface area contributed by atoms with Crippen LogP contribution in [0.5, 0.6) is 0 Å². The van der Waals surface area contributed by atoms with E-state index in [1.165, 1.54) is 18.9 Å². The van der Waals surface area contributed by atoms with E-state index in [9.17, 15) is 14.4 Å². The predicted molar refractivity (Wildman–Crippen MR) is 74.3 cm³/mol. The lowest BCUT2D eigenvalue weighted by Gasteiger charge is -2.27. The molecule has 0 N–H and O–H groups in total. The van der Waals surface area contributed by atoms with E-state index in [0.29, 0.717) is 12.0 Å². The van der Waals surface area contributed by atoms with Gasteiger partial charge in [-0.05, 0) is 6.42 Å². The standard InChI is InChI=1S/C15H19NO4/c1-4-13(15(19)20-3)16(11(2)17)10-14(18)12-8-6-5-7-9-12/h5-9,13H,4,10H2,1-3H3. The Bertz CT molecular complexity index is 484. The fraction of sp³-hybridized carbons (Fsp3) is 0.400. The van der Waals surface area contributed by atoms with E-state index >= 15 is 0 Å². The van der Waals surface area contributed by atoms with Crippen molar-refractivity contribution >= 4 is 17.7 Å². The van der Waals surface area contributed by atoms with Gasteiger partial charge < -0.3 is 9.64 Å². The summed E-state index contributed by atoms with van der Waals surface area (Å²) in [4.78, 5) is 36.8. The smallest absolute Gasteiger partial charge is 0.328 e. The van der Waals surface area contributed by atoms with Crippen LogP contribution in [0.1, 0.15) is 30.6 Å². The molecule has 1 atom stereocenters. The molecule has 0 radical (unpaired) electrons. The summed E-state index contributed by atoms with van der Waals surface area (Å²) >= 11 is 0. The molecule has 108 valence electrons. The molecule has 1 unspecified atom stereocenters. The molecular formula is C15H19NO4. The number of hydrogen-bond donors (Lipinski definition) is 0. The van der Waals surface area contributed by atoms with Crippen LogP contribution in [0.3, 0.4) is 0 Å². The van der Waals surface area contributed by atoms with E-state index in [1.54, 1.807) is 31.2 Å². The fourth-order valence-electron chi connectivity index (χ4n) is 1.96. The Morgan fingerprint density at radius 2 is 1.80 bits per heavy atom. The summed E-state index contributed by atoms with van der Waals surface area (Å²) in [5, 5.41) is 0. The minimum Gasteiger partial charge on any atom is -0.467 e. The number of ketones is 1. The number of rotatable bonds is 6. The molecule has 0 aliphatic rings. The van der Waals surface area contributed by atoms with Gasteiger partial charge in [-0.25, -0.2) is 4.79 Å². The molecule has 0 saturated carbocycles. The summed E-state index contributed by atoms with van der Waals surface area (Å²) in [6.45, 7) is 2.97. The highest BCUT2D eigenvalue weighted by Crippen LogP contribution is 2.10. The van der Waals surface area contributed by atoms with Gasteiger partial charge in [0.15, 0.2) is 5.78 Å². The van der Waals surface area contributed by atoms with Gasteiger partial charge in [-0.3, -0.25) is 9.59 Å². The van der Waals surface area contributed by atoms with Crippen LogP contribution in [0, 0.1) is 0 Å². The lowest BCUT2D eigenvalue weighted by molar-refractivity contribution is -0.151. The van der Waals surface area contributed by atoms with E-state index in [2.05, 4.69) is 4.74 Å². The lowest BCUT2D eigenvalue weighted by Crippen LogP contribution is -2.46. The van der Waals surface area contributed by atoms with Gasteiger partial charge in [0.2, 0.25) is 5.91 Å². The third-order valence-electron chi connectivity index (χ3n) is 3.05. The van der Waals surface area contributed by atoms with Crippen LogP contribution < -0.4 is 0 Å². The monoisotopic (exact) mass is 277 g/mol. The summed E-state index contributed by atoms with van der Waals surface area (Å²) in [5.41, 5.74) is 0.512. The summed E-state index contributed by atoms with van der Waals surface area (Å²) < 4.78 is 4.68. The topological polar surface area (TPSA) is 63.7 Å². The predicted octanol–water partition coefficient (Wildman–Crippen LogP) is 1.67. The molecule has 0 fully saturated rings. The molecule has 0 heterocycles. The van der Waals surface area contributed by atoms with Crippen LogP contribution in [-0.4, -0.2) is 42.3 Å². The highest BCUT2D eigenvalue weighted by Gasteiger charge is 2.28. The molecule has 1 aromatic rings. The number of carbonyl (C=O) groups excluding carboxylic acids is 3. The van der Waals surface area contributed by atoms with Crippen LogP contribution >= 0.6 is 0 Å². The summed E-state index contributed by atoms with van der Waals surface area (Å²) in [7, 11) is 1.27. The van der Waals surface area contributed by atoms with Crippen molar-refractivity contribution in [3.8, 4) is 0 Å². The van der Waals surface area contributed by atoms with Crippen molar-refractivity contribution in [3.05, 3.63) is 35.9 Å². The SMILES string of the molecule is CCC(C(=O)OC)N(CC(=O)c1ccccc1)C(C)=O. The Balaban J connectivity index is 2.90. The number of amides is 1. The molecule has 1 amide bonds. The van der Waals surface area contributed by atoms with Crippen molar-refractivity contribution < 1.29 is 19.1 Å². The molecule has 20 heavy (non-hydrogen) atoms. The first-order chi connectivity index (χ1) is 9.51. The van der Waals surface area contributed by atoms with E-state index in [1.807, 2.05) is 6.07 Å². The first-order valence-corrected chi connectivity index (χ1v) is 6.44. The van der Waals surface area contributed by atoms with Crippen molar-refractivity contribution in [2.24, 2.45) is 0 Å². The quantitative estimate of drug-likeness (QED) is 0.586. The van der Waals surface area contributed by atoms with E-state index in [4.69, 9.17) is 0 Å². The third kappa shape index (κ3) is 3.91. The Hall–Kier alpha value is -2.17. The van der Waals surface area contributed by atoms with Crippen LogP contribution in [0.15, 0.2) is 30.3 Å². The van der Waals surface area contributed by atoms with Gasteiger partial charge in [-0.15, -0.1) is 0 Å². The molecule has 1 rings (SSSR count). The number of benzene rings is 1. The van der Waals surface area contributed by atoms with E-state index in [-0.39, 0.29) is 18.2 Å². The second-order valence-electron chi connectivity index (χ2n) is 4.38. The van der Waals surface area contributed by atoms with Gasteiger partial charge in [-0.1, -0.05) is 37.3 Å². The maximum atomic E-state index is 12.1. The van der Waals surface area contributed by atoms with Crippen molar-refractivity contribution in [2.75, 3.05) is 13.7 Å². The number of hydrogen-bond acceptors (Lipinski definition) is 4. The minimum atomic E-state index is -0.731. The first-order valence-electron chi connectivity index (χ1n) is 6.44. The molecule has 5 heteroatoms. The fourth-order valence-corrected chi connectivity index (χ4v) is 1.96. The maximum Gasteiger partial charge on any atom is 0.328 e. The molecule has 5 nitrogen and oxygen atoms in total. The van der Waals surface area contributed by atoms with Crippen molar-refractivity contribution in [1.82, 2.24) is 4.90 Å². The largest absolute Gasteiger partial charge is 0.467 e. The van der Waals surface area contributed by atoms with Crippen LogP contribution in [0.4, 0.5) is 0 Å². The molecule has 0 spiro atoms. The number of methoxy groups -OCH3 is 1. The van der Waals surface area contributed by atoms with E-state index in [0.717, 1.165) is 0 Å². The highest BCUT2D eigenvalue weighted by molar-refractivity contribution is 5.99. The summed E-state index contributed by atoms with van der Waals surface area (Å²) in [6.07, 6.45) is 0.397. The molecule has 0 aliphatic carbocycles. The zero-order valence-electron chi connectivity index (χ0n) is 12.0.